The van der Waals surface area contributed by atoms with E-state index in [1.165, 1.54) is 171 Å². The van der Waals surface area contributed by atoms with Gasteiger partial charge in [0.25, 0.3) is 0 Å². The molecule has 0 spiro atoms. The standard InChI is InChI=1S/C29H58INS2/c30-27-25-23-21-19-17-15-13-11-9-7-5-3-1-2-4-6-8-10-12-14-16-18-20-22-24-26-28-31-29(32)33/h1-28H2,(H2,31,32,33). The van der Waals surface area contributed by atoms with Gasteiger partial charge in [0.1, 0.15) is 4.32 Å². The highest BCUT2D eigenvalue weighted by Gasteiger charge is 1.96. The van der Waals surface area contributed by atoms with Crippen molar-refractivity contribution in [3.05, 3.63) is 0 Å². The monoisotopic (exact) mass is 611 g/mol. The van der Waals surface area contributed by atoms with Crippen LogP contribution in [0.2, 0.25) is 0 Å². The SMILES string of the molecule is S=C(S)NCCCCCCCCCCCCCCCCCCCCCCCCCCCCI. The first-order valence-corrected chi connectivity index (χ1v) is 17.2. The summed E-state index contributed by atoms with van der Waals surface area (Å²) < 4.78 is 1.97. The Morgan fingerprint density at radius 3 is 0.848 bits per heavy atom. The molecule has 0 rings (SSSR count). The van der Waals surface area contributed by atoms with Crippen LogP contribution in [0.15, 0.2) is 0 Å². The molecule has 0 atom stereocenters. The van der Waals surface area contributed by atoms with Crippen LogP contribution in [0.4, 0.5) is 0 Å². The van der Waals surface area contributed by atoms with E-state index in [1.54, 1.807) is 0 Å². The number of nitrogens with one attached hydrogen (secondary N) is 1. The zero-order chi connectivity index (χ0) is 24.1. The Bertz CT molecular complexity index is 379. The third-order valence-corrected chi connectivity index (χ3v) is 7.90. The fraction of sp³-hybridized carbons (Fsp3) is 0.966. The van der Waals surface area contributed by atoms with Gasteiger partial charge in [-0.25, -0.2) is 0 Å². The van der Waals surface area contributed by atoms with Crippen molar-refractivity contribution in [2.45, 2.75) is 167 Å². The summed E-state index contributed by atoms with van der Waals surface area (Å²) in [5.41, 5.74) is 0. The van der Waals surface area contributed by atoms with E-state index in [2.05, 4.69) is 40.5 Å². The fourth-order valence-electron chi connectivity index (χ4n) is 4.66. The molecular weight excluding hydrogens is 553 g/mol. The smallest absolute Gasteiger partial charge is 0.130 e. The van der Waals surface area contributed by atoms with Gasteiger partial charge in [-0.2, -0.15) is 0 Å². The van der Waals surface area contributed by atoms with Crippen LogP contribution in [0.5, 0.6) is 0 Å². The lowest BCUT2D eigenvalue weighted by Crippen LogP contribution is -2.17. The van der Waals surface area contributed by atoms with Crippen LogP contribution in [0.1, 0.15) is 167 Å². The minimum absolute atomic E-state index is 0.629. The summed E-state index contributed by atoms with van der Waals surface area (Å²) in [5, 5.41) is 3.11. The number of thiocarbonyl (C=S) groups is 1. The van der Waals surface area contributed by atoms with E-state index >= 15 is 0 Å². The Balaban J connectivity index is 3.01. The Hall–Kier alpha value is 0.970. The first kappa shape index (κ1) is 34.0. The quantitative estimate of drug-likeness (QED) is 0.0300. The molecule has 0 heterocycles. The maximum atomic E-state index is 4.89. The third-order valence-electron chi connectivity index (χ3n) is 6.84. The van der Waals surface area contributed by atoms with Gasteiger partial charge in [-0.3, -0.25) is 0 Å². The Morgan fingerprint density at radius 1 is 0.424 bits per heavy atom. The molecule has 0 aromatic carbocycles. The number of thiol groups is 1. The summed E-state index contributed by atoms with van der Waals surface area (Å²) in [6.45, 7) is 0.988. The largest absolute Gasteiger partial charge is 0.371 e. The number of hydrogen-bond acceptors (Lipinski definition) is 1. The summed E-state index contributed by atoms with van der Waals surface area (Å²) in [6, 6.07) is 0. The predicted molar refractivity (Wildman–Crippen MR) is 169 cm³/mol. The van der Waals surface area contributed by atoms with E-state index in [1.807, 2.05) is 0 Å². The van der Waals surface area contributed by atoms with Crippen molar-refractivity contribution < 1.29 is 0 Å². The van der Waals surface area contributed by atoms with Crippen LogP contribution < -0.4 is 5.32 Å². The zero-order valence-electron chi connectivity index (χ0n) is 22.0. The molecule has 0 unspecified atom stereocenters. The normalized spacial score (nSPS) is 11.2. The molecule has 0 bridgehead atoms. The van der Waals surface area contributed by atoms with Gasteiger partial charge in [0, 0.05) is 6.54 Å². The average Bonchev–Trinajstić information content (AvgIpc) is 2.80. The second-order valence-electron chi connectivity index (χ2n) is 10.1. The van der Waals surface area contributed by atoms with E-state index in [0.29, 0.717) is 4.32 Å². The second kappa shape index (κ2) is 31.0. The third kappa shape index (κ3) is 33.0. The van der Waals surface area contributed by atoms with Gasteiger partial charge in [-0.05, 0) is 17.3 Å². The van der Waals surface area contributed by atoms with Crippen LogP contribution in [0, 0.1) is 0 Å². The molecule has 0 saturated heterocycles. The minimum atomic E-state index is 0.629. The lowest BCUT2D eigenvalue weighted by Gasteiger charge is -2.05. The molecule has 0 amide bonds. The van der Waals surface area contributed by atoms with Crippen molar-refractivity contribution in [2.75, 3.05) is 11.0 Å². The summed E-state index contributed by atoms with van der Waals surface area (Å²) in [4.78, 5) is 0. The van der Waals surface area contributed by atoms with Crippen LogP contribution in [-0.2, 0) is 0 Å². The highest BCUT2D eigenvalue weighted by Crippen LogP contribution is 2.16. The van der Waals surface area contributed by atoms with E-state index < -0.39 is 0 Å². The molecule has 0 aliphatic rings. The van der Waals surface area contributed by atoms with Crippen LogP contribution in [-0.4, -0.2) is 15.3 Å². The summed E-state index contributed by atoms with van der Waals surface area (Å²) in [6.07, 6.45) is 37.6. The Morgan fingerprint density at radius 2 is 0.636 bits per heavy atom. The van der Waals surface area contributed by atoms with E-state index in [0.717, 1.165) is 6.54 Å². The number of halogens is 1. The Labute approximate surface area is 233 Å². The summed E-state index contributed by atoms with van der Waals surface area (Å²) in [7, 11) is 0. The van der Waals surface area contributed by atoms with Gasteiger partial charge in [0.05, 0.1) is 0 Å². The molecule has 33 heavy (non-hydrogen) atoms. The lowest BCUT2D eigenvalue weighted by atomic mass is 10.0. The van der Waals surface area contributed by atoms with Crippen molar-refractivity contribution in [3.8, 4) is 0 Å². The van der Waals surface area contributed by atoms with E-state index in [4.69, 9.17) is 12.2 Å². The molecule has 4 heteroatoms. The molecule has 0 saturated carbocycles. The fourth-order valence-corrected chi connectivity index (χ4v) is 5.41. The molecule has 1 N–H and O–H groups in total. The maximum absolute atomic E-state index is 4.89. The van der Waals surface area contributed by atoms with Crippen LogP contribution in [0.25, 0.3) is 0 Å². The molecule has 0 fully saturated rings. The van der Waals surface area contributed by atoms with Crippen LogP contribution >= 0.6 is 47.4 Å². The van der Waals surface area contributed by atoms with Crippen molar-refractivity contribution in [1.29, 1.82) is 0 Å². The van der Waals surface area contributed by atoms with Crippen molar-refractivity contribution >= 4 is 51.8 Å². The van der Waals surface area contributed by atoms with Gasteiger partial charge >= 0.3 is 0 Å². The van der Waals surface area contributed by atoms with Gasteiger partial charge in [0.2, 0.25) is 0 Å². The summed E-state index contributed by atoms with van der Waals surface area (Å²) in [5.74, 6) is 0. The van der Waals surface area contributed by atoms with Crippen molar-refractivity contribution in [2.24, 2.45) is 0 Å². The molecule has 0 radical (unpaired) electrons. The van der Waals surface area contributed by atoms with Gasteiger partial charge in [-0.1, -0.05) is 189 Å². The minimum Gasteiger partial charge on any atom is -0.371 e. The molecule has 0 aromatic rings. The zero-order valence-corrected chi connectivity index (χ0v) is 25.9. The number of unbranched alkanes of at least 4 members (excludes halogenated alkanes) is 25. The van der Waals surface area contributed by atoms with Crippen molar-refractivity contribution in [1.82, 2.24) is 5.32 Å². The van der Waals surface area contributed by atoms with Crippen molar-refractivity contribution in [3.63, 3.8) is 0 Å². The van der Waals surface area contributed by atoms with Gasteiger partial charge in [-0.15, -0.1) is 12.6 Å². The maximum Gasteiger partial charge on any atom is 0.130 e. The average molecular weight is 612 g/mol. The van der Waals surface area contributed by atoms with E-state index in [-0.39, 0.29) is 0 Å². The van der Waals surface area contributed by atoms with Gasteiger partial charge in [0.15, 0.2) is 0 Å². The first-order chi connectivity index (χ1) is 16.3. The molecule has 1 nitrogen and oxygen atoms in total. The number of hydrogen-bond donors (Lipinski definition) is 2. The predicted octanol–water partition coefficient (Wildman–Crippen LogP) is 11.4. The summed E-state index contributed by atoms with van der Waals surface area (Å²) >= 11 is 11.5. The molecule has 0 aliphatic carbocycles. The molecule has 198 valence electrons. The van der Waals surface area contributed by atoms with Gasteiger partial charge < -0.3 is 5.32 Å². The lowest BCUT2D eigenvalue weighted by molar-refractivity contribution is 0.515. The van der Waals surface area contributed by atoms with Crippen LogP contribution in [0.3, 0.4) is 0 Å². The molecular formula is C29H58INS2. The van der Waals surface area contributed by atoms with E-state index in [9.17, 15) is 0 Å². The number of alkyl halides is 1. The Kier molecular flexibility index (Phi) is 31.9. The second-order valence-corrected chi connectivity index (χ2v) is 12.4. The molecule has 0 aliphatic heterocycles. The topological polar surface area (TPSA) is 12.0 Å². The highest BCUT2D eigenvalue weighted by molar-refractivity contribution is 14.1. The highest BCUT2D eigenvalue weighted by atomic mass is 127. The first-order valence-electron chi connectivity index (χ1n) is 14.8. The molecule has 0 aromatic heterocycles. The number of rotatable bonds is 28.